The van der Waals surface area contributed by atoms with Crippen molar-refractivity contribution < 1.29 is 14.8 Å². The number of phenols is 1. The maximum absolute atomic E-state index is 11.5. The number of carbonyl (C=O) groups excluding carboxylic acids is 1. The molecule has 1 aromatic carbocycles. The summed E-state index contributed by atoms with van der Waals surface area (Å²) in [4.78, 5) is 22.5. The molecule has 0 atom stereocenters. The molecule has 1 amide bonds. The van der Waals surface area contributed by atoms with Gasteiger partial charge in [0.15, 0.2) is 5.75 Å². The Kier molecular flexibility index (Phi) is 2.89. The van der Waals surface area contributed by atoms with E-state index >= 15 is 0 Å². The van der Waals surface area contributed by atoms with Crippen LogP contribution in [0, 0.1) is 10.1 Å². The normalized spacial score (nSPS) is 9.73. The van der Waals surface area contributed by atoms with Gasteiger partial charge in [0.05, 0.1) is 4.92 Å². The number of carbonyl (C=O) groups is 1. The largest absolute Gasteiger partial charge is 0.502 e. The molecule has 0 unspecified atom stereocenters. The third-order valence-electron chi connectivity index (χ3n) is 1.83. The summed E-state index contributed by atoms with van der Waals surface area (Å²) in [6.07, 6.45) is 0. The van der Waals surface area contributed by atoms with Gasteiger partial charge in [0.25, 0.3) is 5.91 Å². The second-order valence-electron chi connectivity index (χ2n) is 3.16. The topological polar surface area (TPSA) is 83.7 Å². The zero-order valence-corrected chi connectivity index (χ0v) is 8.30. The van der Waals surface area contributed by atoms with Gasteiger partial charge in [-0.2, -0.15) is 0 Å². The Balaban J connectivity index is 3.19. The van der Waals surface area contributed by atoms with Gasteiger partial charge in [0, 0.05) is 25.7 Å². The van der Waals surface area contributed by atoms with Crippen molar-refractivity contribution in [1.82, 2.24) is 4.90 Å². The lowest BCUT2D eigenvalue weighted by Gasteiger charge is -2.09. The van der Waals surface area contributed by atoms with Gasteiger partial charge < -0.3 is 10.0 Å². The Labute approximate surface area is 85.9 Å². The third-order valence-corrected chi connectivity index (χ3v) is 1.83. The number of amides is 1. The highest BCUT2D eigenvalue weighted by Gasteiger charge is 2.17. The van der Waals surface area contributed by atoms with Gasteiger partial charge in [-0.15, -0.1) is 0 Å². The van der Waals surface area contributed by atoms with Crippen LogP contribution in [0.5, 0.6) is 5.75 Å². The van der Waals surface area contributed by atoms with E-state index < -0.39 is 16.4 Å². The van der Waals surface area contributed by atoms with Crippen LogP contribution in [-0.4, -0.2) is 34.9 Å². The van der Waals surface area contributed by atoms with Crippen LogP contribution in [0.4, 0.5) is 5.69 Å². The first-order chi connectivity index (χ1) is 6.93. The van der Waals surface area contributed by atoms with Gasteiger partial charge in [-0.25, -0.2) is 0 Å². The minimum Gasteiger partial charge on any atom is -0.502 e. The number of rotatable bonds is 2. The molecule has 0 aromatic heterocycles. The number of nitrogens with zero attached hydrogens (tertiary/aromatic N) is 2. The second kappa shape index (κ2) is 3.95. The van der Waals surface area contributed by atoms with E-state index in [4.69, 9.17) is 5.11 Å². The second-order valence-corrected chi connectivity index (χ2v) is 3.16. The Morgan fingerprint density at radius 3 is 2.53 bits per heavy atom. The first-order valence-corrected chi connectivity index (χ1v) is 4.12. The molecular formula is C9H10N2O4. The maximum Gasteiger partial charge on any atom is 0.311 e. The zero-order valence-electron chi connectivity index (χ0n) is 8.30. The van der Waals surface area contributed by atoms with Gasteiger partial charge in [-0.1, -0.05) is 0 Å². The van der Waals surface area contributed by atoms with Crippen molar-refractivity contribution in [3.63, 3.8) is 0 Å². The zero-order chi connectivity index (χ0) is 11.6. The average molecular weight is 210 g/mol. The Morgan fingerprint density at radius 1 is 1.47 bits per heavy atom. The third kappa shape index (κ3) is 2.22. The average Bonchev–Trinajstić information content (AvgIpc) is 2.16. The molecule has 0 aliphatic rings. The SMILES string of the molecule is CN(C)C(=O)c1ccc(O)c([N+](=O)[O-])c1. The highest BCUT2D eigenvalue weighted by Crippen LogP contribution is 2.26. The van der Waals surface area contributed by atoms with Gasteiger partial charge in [-0.05, 0) is 12.1 Å². The fourth-order valence-electron chi connectivity index (χ4n) is 1.06. The lowest BCUT2D eigenvalue weighted by molar-refractivity contribution is -0.385. The van der Waals surface area contributed by atoms with E-state index in [9.17, 15) is 14.9 Å². The molecule has 0 heterocycles. The fourth-order valence-corrected chi connectivity index (χ4v) is 1.06. The number of phenolic OH excluding ortho intramolecular Hbond substituents is 1. The standard InChI is InChI=1S/C9H10N2O4/c1-10(2)9(13)6-3-4-8(12)7(5-6)11(14)15/h3-5,12H,1-2H3. The van der Waals surface area contributed by atoms with Gasteiger partial charge in [0.2, 0.25) is 0 Å². The van der Waals surface area contributed by atoms with Crippen LogP contribution in [0.3, 0.4) is 0 Å². The van der Waals surface area contributed by atoms with Crippen molar-refractivity contribution in [2.45, 2.75) is 0 Å². The Morgan fingerprint density at radius 2 is 2.07 bits per heavy atom. The number of aromatic hydroxyl groups is 1. The minimum atomic E-state index is -0.734. The quantitative estimate of drug-likeness (QED) is 0.583. The maximum atomic E-state index is 11.5. The first kappa shape index (κ1) is 11.0. The molecule has 80 valence electrons. The summed E-state index contributed by atoms with van der Waals surface area (Å²) in [5, 5.41) is 19.6. The lowest BCUT2D eigenvalue weighted by atomic mass is 10.1. The molecule has 0 fully saturated rings. The summed E-state index contributed by atoms with van der Waals surface area (Å²) in [6.45, 7) is 0. The molecular weight excluding hydrogens is 200 g/mol. The van der Waals surface area contributed by atoms with Crippen molar-refractivity contribution >= 4 is 11.6 Å². The smallest absolute Gasteiger partial charge is 0.311 e. The molecule has 1 N–H and O–H groups in total. The fraction of sp³-hybridized carbons (Fsp3) is 0.222. The van der Waals surface area contributed by atoms with E-state index in [0.717, 1.165) is 12.1 Å². The minimum absolute atomic E-state index is 0.171. The monoisotopic (exact) mass is 210 g/mol. The van der Waals surface area contributed by atoms with Crippen LogP contribution in [0.25, 0.3) is 0 Å². The summed E-state index contributed by atoms with van der Waals surface area (Å²) in [6, 6.07) is 3.52. The molecule has 0 saturated heterocycles. The number of hydrogen-bond donors (Lipinski definition) is 1. The molecule has 0 radical (unpaired) electrons. The van der Waals surface area contributed by atoms with E-state index in [1.807, 2.05) is 0 Å². The first-order valence-electron chi connectivity index (χ1n) is 4.12. The van der Waals surface area contributed by atoms with E-state index in [-0.39, 0.29) is 11.5 Å². The van der Waals surface area contributed by atoms with Crippen molar-refractivity contribution in [1.29, 1.82) is 0 Å². The van der Waals surface area contributed by atoms with Crippen LogP contribution in [0.15, 0.2) is 18.2 Å². The summed E-state index contributed by atoms with van der Waals surface area (Å²) in [5.74, 6) is -0.798. The molecule has 0 aliphatic heterocycles. The molecule has 1 rings (SSSR count). The summed E-state index contributed by atoms with van der Waals surface area (Å²) >= 11 is 0. The van der Waals surface area contributed by atoms with Crippen molar-refractivity contribution in [3.05, 3.63) is 33.9 Å². The molecule has 6 nitrogen and oxygen atoms in total. The van der Waals surface area contributed by atoms with Crippen LogP contribution in [-0.2, 0) is 0 Å². The Bertz CT molecular complexity index is 415. The van der Waals surface area contributed by atoms with E-state index in [1.54, 1.807) is 14.1 Å². The summed E-state index contributed by atoms with van der Waals surface area (Å²) < 4.78 is 0. The molecule has 0 aliphatic carbocycles. The number of nitro groups is 1. The number of benzene rings is 1. The summed E-state index contributed by atoms with van der Waals surface area (Å²) in [7, 11) is 3.09. The number of nitro benzene ring substituents is 1. The highest BCUT2D eigenvalue weighted by molar-refractivity contribution is 5.94. The lowest BCUT2D eigenvalue weighted by Crippen LogP contribution is -2.21. The number of hydrogen-bond acceptors (Lipinski definition) is 4. The van der Waals surface area contributed by atoms with Crippen molar-refractivity contribution in [2.75, 3.05) is 14.1 Å². The Hall–Kier alpha value is -2.11. The molecule has 1 aromatic rings. The van der Waals surface area contributed by atoms with Gasteiger partial charge >= 0.3 is 5.69 Å². The van der Waals surface area contributed by atoms with E-state index in [0.29, 0.717) is 0 Å². The van der Waals surface area contributed by atoms with Crippen molar-refractivity contribution in [2.24, 2.45) is 0 Å². The van der Waals surface area contributed by atoms with Crippen LogP contribution >= 0.6 is 0 Å². The molecule has 15 heavy (non-hydrogen) atoms. The van der Waals surface area contributed by atoms with E-state index in [2.05, 4.69) is 0 Å². The molecule has 0 spiro atoms. The predicted molar refractivity (Wildman–Crippen MR) is 52.8 cm³/mol. The van der Waals surface area contributed by atoms with Crippen LogP contribution < -0.4 is 0 Å². The molecule has 6 heteroatoms. The van der Waals surface area contributed by atoms with Crippen molar-refractivity contribution in [3.8, 4) is 5.75 Å². The highest BCUT2D eigenvalue weighted by atomic mass is 16.6. The molecule has 0 bridgehead atoms. The van der Waals surface area contributed by atoms with Crippen LogP contribution in [0.1, 0.15) is 10.4 Å². The van der Waals surface area contributed by atoms with Gasteiger partial charge in [0.1, 0.15) is 0 Å². The summed E-state index contributed by atoms with van der Waals surface area (Å²) in [5.41, 5.74) is -0.299. The predicted octanol–water partition coefficient (Wildman–Crippen LogP) is 1.00. The van der Waals surface area contributed by atoms with Gasteiger partial charge in [-0.3, -0.25) is 14.9 Å². The van der Waals surface area contributed by atoms with E-state index in [1.165, 1.54) is 11.0 Å². The van der Waals surface area contributed by atoms with Crippen LogP contribution in [0.2, 0.25) is 0 Å². The molecule has 0 saturated carbocycles.